The van der Waals surface area contributed by atoms with Crippen LogP contribution in [-0.2, 0) is 7.05 Å². The second-order valence-corrected chi connectivity index (χ2v) is 6.59. The van der Waals surface area contributed by atoms with Crippen LogP contribution in [0.2, 0.25) is 0 Å². The van der Waals surface area contributed by atoms with Gasteiger partial charge in [0.15, 0.2) is 6.20 Å². The molecule has 2 heteroatoms. The summed E-state index contributed by atoms with van der Waals surface area (Å²) in [5.41, 5.74) is 5.49. The van der Waals surface area contributed by atoms with Gasteiger partial charge in [0.1, 0.15) is 18.2 Å². The molecule has 0 saturated heterocycles. The average molecular weight is 324 g/mol. The number of furan rings is 1. The number of para-hydroxylation sites is 1. The van der Waals surface area contributed by atoms with Gasteiger partial charge >= 0.3 is 0 Å². The topological polar surface area (TPSA) is 17.0 Å². The first kappa shape index (κ1) is 14.2. The Kier molecular flexibility index (Phi) is 2.95. The molecule has 0 atom stereocenters. The minimum Gasteiger partial charge on any atom is -0.455 e. The van der Waals surface area contributed by atoms with Gasteiger partial charge in [-0.15, -0.1) is 0 Å². The number of aromatic nitrogens is 1. The van der Waals surface area contributed by atoms with E-state index in [0.29, 0.717) is 0 Å². The highest BCUT2D eigenvalue weighted by atomic mass is 16.3. The van der Waals surface area contributed by atoms with Gasteiger partial charge in [-0.05, 0) is 30.0 Å². The maximum Gasteiger partial charge on any atom is 0.224 e. The van der Waals surface area contributed by atoms with E-state index in [2.05, 4.69) is 79.3 Å². The van der Waals surface area contributed by atoms with E-state index in [1.165, 1.54) is 38.4 Å². The Hall–Kier alpha value is -3.13. The molecule has 0 unspecified atom stereocenters. The molecule has 2 nitrogen and oxygen atoms in total. The van der Waals surface area contributed by atoms with Crippen LogP contribution < -0.4 is 4.57 Å². The average Bonchev–Trinajstić information content (AvgIpc) is 3.01. The number of nitrogens with zero attached hydrogens (tertiary/aromatic N) is 1. The summed E-state index contributed by atoms with van der Waals surface area (Å²) in [6.07, 6.45) is 2.12. The zero-order chi connectivity index (χ0) is 17.0. The molecule has 0 N–H and O–H groups in total. The van der Waals surface area contributed by atoms with E-state index in [9.17, 15) is 0 Å². The molecule has 3 aromatic carbocycles. The van der Waals surface area contributed by atoms with Crippen LogP contribution in [-0.4, -0.2) is 0 Å². The van der Waals surface area contributed by atoms with Crippen molar-refractivity contribution in [2.24, 2.45) is 7.05 Å². The molecule has 0 spiro atoms. The van der Waals surface area contributed by atoms with Crippen molar-refractivity contribution in [2.45, 2.75) is 6.92 Å². The lowest BCUT2D eigenvalue weighted by Gasteiger charge is -2.08. The molecule has 2 aromatic heterocycles. The van der Waals surface area contributed by atoms with E-state index in [0.717, 1.165) is 11.2 Å². The maximum atomic E-state index is 6.31. The first-order chi connectivity index (χ1) is 12.2. The van der Waals surface area contributed by atoms with Crippen LogP contribution in [0.5, 0.6) is 0 Å². The van der Waals surface area contributed by atoms with Crippen molar-refractivity contribution in [2.75, 3.05) is 0 Å². The second-order valence-electron chi connectivity index (χ2n) is 6.59. The van der Waals surface area contributed by atoms with Crippen LogP contribution >= 0.6 is 0 Å². The fraction of sp³-hybridized carbons (Fsp3) is 0.0870. The third-order valence-corrected chi connectivity index (χ3v) is 5.04. The second kappa shape index (κ2) is 5.18. The van der Waals surface area contributed by atoms with Gasteiger partial charge in [0.25, 0.3) is 0 Å². The normalized spacial score (nSPS) is 11.6. The zero-order valence-corrected chi connectivity index (χ0v) is 14.3. The number of fused-ring (bicyclic) bond motifs is 4. The monoisotopic (exact) mass is 324 g/mol. The van der Waals surface area contributed by atoms with Crippen molar-refractivity contribution in [3.8, 4) is 11.3 Å². The van der Waals surface area contributed by atoms with Gasteiger partial charge in [0.05, 0.1) is 10.9 Å². The van der Waals surface area contributed by atoms with Crippen LogP contribution in [0.25, 0.3) is 44.0 Å². The summed E-state index contributed by atoms with van der Waals surface area (Å²) in [5, 5.41) is 4.82. The van der Waals surface area contributed by atoms with Crippen molar-refractivity contribution < 1.29 is 8.98 Å². The predicted molar refractivity (Wildman–Crippen MR) is 103 cm³/mol. The van der Waals surface area contributed by atoms with Crippen LogP contribution in [0.4, 0.5) is 0 Å². The molecule has 25 heavy (non-hydrogen) atoms. The fourth-order valence-corrected chi connectivity index (χ4v) is 3.81. The summed E-state index contributed by atoms with van der Waals surface area (Å²) in [6.45, 7) is 2.16. The van der Waals surface area contributed by atoms with Gasteiger partial charge in [-0.2, -0.15) is 0 Å². The van der Waals surface area contributed by atoms with E-state index >= 15 is 0 Å². The van der Waals surface area contributed by atoms with Gasteiger partial charge < -0.3 is 4.42 Å². The Morgan fingerprint density at radius 1 is 0.760 bits per heavy atom. The maximum absolute atomic E-state index is 6.31. The van der Waals surface area contributed by atoms with Crippen LogP contribution in [0.3, 0.4) is 0 Å². The fourth-order valence-electron chi connectivity index (χ4n) is 3.81. The number of aryl methyl sites for hydroxylation is 2. The Morgan fingerprint density at radius 3 is 2.40 bits per heavy atom. The number of pyridine rings is 1. The first-order valence-corrected chi connectivity index (χ1v) is 8.52. The van der Waals surface area contributed by atoms with Crippen LogP contribution in [0.1, 0.15) is 5.56 Å². The van der Waals surface area contributed by atoms with Gasteiger partial charge in [-0.1, -0.05) is 48.5 Å². The molecule has 0 saturated carbocycles. The molecule has 0 bridgehead atoms. The Morgan fingerprint density at radius 2 is 1.52 bits per heavy atom. The van der Waals surface area contributed by atoms with E-state index in [1.54, 1.807) is 0 Å². The van der Waals surface area contributed by atoms with Crippen molar-refractivity contribution in [1.29, 1.82) is 0 Å². The lowest BCUT2D eigenvalue weighted by molar-refractivity contribution is -0.659. The number of rotatable bonds is 1. The highest BCUT2D eigenvalue weighted by molar-refractivity contribution is 6.11. The summed E-state index contributed by atoms with van der Waals surface area (Å²) in [5.74, 6) is 0. The van der Waals surface area contributed by atoms with Crippen molar-refractivity contribution in [3.05, 3.63) is 78.5 Å². The summed E-state index contributed by atoms with van der Waals surface area (Å²) >= 11 is 0. The molecule has 0 aliphatic rings. The molecule has 0 aliphatic heterocycles. The predicted octanol–water partition coefficient (Wildman–Crippen LogP) is 5.54. The summed E-state index contributed by atoms with van der Waals surface area (Å²) in [6, 6.07) is 23.3. The van der Waals surface area contributed by atoms with Gasteiger partial charge in [0, 0.05) is 16.8 Å². The summed E-state index contributed by atoms with van der Waals surface area (Å²) < 4.78 is 8.50. The minimum absolute atomic E-state index is 0.937. The van der Waals surface area contributed by atoms with Crippen molar-refractivity contribution in [3.63, 3.8) is 0 Å². The van der Waals surface area contributed by atoms with Gasteiger partial charge in [0.2, 0.25) is 5.69 Å². The molecule has 0 amide bonds. The Labute approximate surface area is 145 Å². The SMILES string of the molecule is Cc1ccc2c(oc3ccccc32)c1-c1c2ccccc2cc[n+]1C. The minimum atomic E-state index is 0.937. The quantitative estimate of drug-likeness (QED) is 0.370. The summed E-state index contributed by atoms with van der Waals surface area (Å²) in [4.78, 5) is 0. The largest absolute Gasteiger partial charge is 0.455 e. The Bertz CT molecular complexity index is 1260. The molecular weight excluding hydrogens is 306 g/mol. The molecule has 0 fully saturated rings. The van der Waals surface area contributed by atoms with Crippen molar-refractivity contribution in [1.82, 2.24) is 0 Å². The standard InChI is InChI=1S/C23H18NO/c1-15-11-12-19-18-9-5-6-10-20(18)25-23(19)21(15)22-17-8-4-3-7-16(17)13-14-24(22)2/h3-14H,1-2H3/q+1. The molecule has 2 heterocycles. The molecule has 0 aliphatic carbocycles. The van der Waals surface area contributed by atoms with Crippen LogP contribution in [0, 0.1) is 6.92 Å². The molecule has 120 valence electrons. The molecule has 5 rings (SSSR count). The Balaban J connectivity index is 2.00. The van der Waals surface area contributed by atoms with E-state index in [4.69, 9.17) is 4.42 Å². The molecule has 0 radical (unpaired) electrons. The zero-order valence-electron chi connectivity index (χ0n) is 14.3. The first-order valence-electron chi connectivity index (χ1n) is 8.52. The van der Waals surface area contributed by atoms with E-state index in [1.807, 2.05) is 12.1 Å². The highest BCUT2D eigenvalue weighted by Crippen LogP contribution is 2.38. The van der Waals surface area contributed by atoms with Gasteiger partial charge in [-0.3, -0.25) is 0 Å². The number of hydrogen-bond acceptors (Lipinski definition) is 1. The van der Waals surface area contributed by atoms with Gasteiger partial charge in [-0.25, -0.2) is 4.57 Å². The van der Waals surface area contributed by atoms with E-state index in [-0.39, 0.29) is 0 Å². The van der Waals surface area contributed by atoms with E-state index < -0.39 is 0 Å². The lowest BCUT2D eigenvalue weighted by atomic mass is 9.97. The third-order valence-electron chi connectivity index (χ3n) is 5.04. The smallest absolute Gasteiger partial charge is 0.224 e. The third kappa shape index (κ3) is 2.01. The number of benzene rings is 3. The van der Waals surface area contributed by atoms with Crippen LogP contribution in [0.15, 0.2) is 77.3 Å². The molecule has 5 aromatic rings. The van der Waals surface area contributed by atoms with Crippen molar-refractivity contribution >= 4 is 32.7 Å². The highest BCUT2D eigenvalue weighted by Gasteiger charge is 2.22. The number of hydrogen-bond donors (Lipinski definition) is 0. The summed E-state index contributed by atoms with van der Waals surface area (Å²) in [7, 11) is 2.10. The molecular formula is C23H18NO+. The lowest BCUT2D eigenvalue weighted by Crippen LogP contribution is -2.30.